The number of anilines is 1. The molecule has 0 spiro atoms. The second-order valence-electron chi connectivity index (χ2n) is 6.38. The highest BCUT2D eigenvalue weighted by molar-refractivity contribution is 8.00. The molecule has 0 fully saturated rings. The van der Waals surface area contributed by atoms with Gasteiger partial charge in [0.05, 0.1) is 18.6 Å². The van der Waals surface area contributed by atoms with Crippen molar-refractivity contribution >= 4 is 28.2 Å². The first-order valence-corrected chi connectivity index (χ1v) is 10.6. The van der Waals surface area contributed by atoms with Gasteiger partial charge in [-0.15, -0.1) is 10.2 Å². The zero-order valence-electron chi connectivity index (χ0n) is 15.5. The third-order valence-electron chi connectivity index (χ3n) is 4.02. The van der Waals surface area contributed by atoms with E-state index in [2.05, 4.69) is 51.6 Å². The van der Waals surface area contributed by atoms with Crippen molar-refractivity contribution in [3.8, 4) is 11.4 Å². The van der Waals surface area contributed by atoms with E-state index in [9.17, 15) is 0 Å². The molecule has 28 heavy (non-hydrogen) atoms. The van der Waals surface area contributed by atoms with E-state index in [1.165, 1.54) is 28.7 Å². The van der Waals surface area contributed by atoms with Crippen molar-refractivity contribution in [2.24, 2.45) is 0 Å². The maximum absolute atomic E-state index is 5.37. The van der Waals surface area contributed by atoms with E-state index >= 15 is 0 Å². The van der Waals surface area contributed by atoms with Gasteiger partial charge in [-0.1, -0.05) is 66.4 Å². The summed E-state index contributed by atoms with van der Waals surface area (Å²) in [4.78, 5) is 4.48. The van der Waals surface area contributed by atoms with Crippen LogP contribution in [0.15, 0.2) is 55.9 Å². The van der Waals surface area contributed by atoms with Crippen molar-refractivity contribution in [2.45, 2.75) is 36.4 Å². The van der Waals surface area contributed by atoms with Gasteiger partial charge in [0.1, 0.15) is 5.76 Å². The summed E-state index contributed by atoms with van der Waals surface area (Å²) in [7, 11) is 0. The minimum Gasteiger partial charge on any atom is -0.467 e. The quantitative estimate of drug-likeness (QED) is 0.394. The molecule has 0 atom stereocenters. The lowest BCUT2D eigenvalue weighted by Gasteiger charge is -2.04. The van der Waals surface area contributed by atoms with Crippen molar-refractivity contribution in [1.82, 2.24) is 20.3 Å². The zero-order chi connectivity index (χ0) is 19.3. The fourth-order valence-corrected chi connectivity index (χ4v) is 4.07. The number of hydrogen-bond donors (Lipinski definition) is 1. The first-order chi connectivity index (χ1) is 13.7. The minimum absolute atomic E-state index is 0.497. The molecule has 7 nitrogen and oxygen atoms in total. The predicted octanol–water partition coefficient (Wildman–Crippen LogP) is 5.21. The van der Waals surface area contributed by atoms with Crippen molar-refractivity contribution in [3.05, 3.63) is 59.9 Å². The molecule has 0 saturated carbocycles. The molecule has 4 rings (SSSR count). The Balaban J connectivity index is 1.32. The molecule has 0 aliphatic carbocycles. The highest BCUT2D eigenvalue weighted by Crippen LogP contribution is 2.29. The lowest BCUT2D eigenvalue weighted by atomic mass is 10.0. The molecule has 0 bridgehead atoms. The van der Waals surface area contributed by atoms with Crippen LogP contribution >= 0.6 is 23.1 Å². The van der Waals surface area contributed by atoms with E-state index in [0.717, 1.165) is 20.8 Å². The zero-order valence-corrected chi connectivity index (χ0v) is 17.1. The van der Waals surface area contributed by atoms with Crippen LogP contribution in [0, 0.1) is 0 Å². The Morgan fingerprint density at radius 3 is 2.75 bits per heavy atom. The van der Waals surface area contributed by atoms with Gasteiger partial charge in [0.2, 0.25) is 16.8 Å². The average Bonchev–Trinajstić information content (AvgIpc) is 3.46. The van der Waals surface area contributed by atoms with Crippen LogP contribution in [0.1, 0.15) is 37.0 Å². The molecule has 144 valence electrons. The first-order valence-electron chi connectivity index (χ1n) is 8.83. The van der Waals surface area contributed by atoms with Crippen LogP contribution in [0.5, 0.6) is 0 Å². The highest BCUT2D eigenvalue weighted by atomic mass is 32.2. The minimum atomic E-state index is 0.497. The molecule has 0 radical (unpaired) electrons. The van der Waals surface area contributed by atoms with E-state index < -0.39 is 0 Å². The summed E-state index contributed by atoms with van der Waals surface area (Å²) in [5.74, 6) is 3.06. The number of aromatic nitrogens is 4. The summed E-state index contributed by atoms with van der Waals surface area (Å²) in [5, 5.41) is 16.3. The van der Waals surface area contributed by atoms with E-state index in [-0.39, 0.29) is 0 Å². The monoisotopic (exact) mass is 413 g/mol. The van der Waals surface area contributed by atoms with Gasteiger partial charge in [-0.2, -0.15) is 4.98 Å². The number of benzene rings is 1. The molecule has 0 amide bonds. The number of nitrogens with one attached hydrogen (secondary N) is 1. The Morgan fingerprint density at radius 1 is 1.14 bits per heavy atom. The van der Waals surface area contributed by atoms with Crippen molar-refractivity contribution in [3.63, 3.8) is 0 Å². The summed E-state index contributed by atoms with van der Waals surface area (Å²) in [6.45, 7) is 4.92. The van der Waals surface area contributed by atoms with Gasteiger partial charge in [-0.3, -0.25) is 0 Å². The third kappa shape index (κ3) is 4.60. The molecule has 3 heterocycles. The Hall–Kier alpha value is -2.65. The molecule has 0 aliphatic rings. The molecule has 0 unspecified atom stereocenters. The normalized spacial score (nSPS) is 11.2. The van der Waals surface area contributed by atoms with Crippen LogP contribution in [0.25, 0.3) is 11.4 Å². The Morgan fingerprint density at radius 2 is 2.00 bits per heavy atom. The Labute approximate surface area is 170 Å². The van der Waals surface area contributed by atoms with Gasteiger partial charge in [-0.25, -0.2) is 0 Å². The lowest BCUT2D eigenvalue weighted by molar-refractivity contribution is 0.391. The molecule has 9 heteroatoms. The van der Waals surface area contributed by atoms with E-state index in [4.69, 9.17) is 8.94 Å². The summed E-state index contributed by atoms with van der Waals surface area (Å²) >= 11 is 3.00. The topological polar surface area (TPSA) is 89.9 Å². The van der Waals surface area contributed by atoms with Gasteiger partial charge in [-0.05, 0) is 23.6 Å². The number of thioether (sulfide) groups is 1. The summed E-state index contributed by atoms with van der Waals surface area (Å²) in [5.41, 5.74) is 2.24. The van der Waals surface area contributed by atoms with Crippen LogP contribution in [0.3, 0.4) is 0 Å². The largest absolute Gasteiger partial charge is 0.467 e. The second kappa shape index (κ2) is 8.57. The number of rotatable bonds is 8. The summed E-state index contributed by atoms with van der Waals surface area (Å²) in [6, 6.07) is 12.0. The maximum Gasteiger partial charge on any atom is 0.237 e. The number of hydrogen-bond acceptors (Lipinski definition) is 9. The van der Waals surface area contributed by atoms with Crippen LogP contribution < -0.4 is 5.32 Å². The lowest BCUT2D eigenvalue weighted by Crippen LogP contribution is -1.96. The van der Waals surface area contributed by atoms with E-state index in [0.29, 0.717) is 29.9 Å². The SMILES string of the molecule is CC(C)c1ccc(-c2noc(CSc3nnc(NCc4ccco4)s3)n2)cc1. The third-order valence-corrected chi connectivity index (χ3v) is 6.02. The summed E-state index contributed by atoms with van der Waals surface area (Å²) in [6.07, 6.45) is 1.65. The molecule has 1 N–H and O–H groups in total. The van der Waals surface area contributed by atoms with Crippen molar-refractivity contribution in [2.75, 3.05) is 5.32 Å². The fraction of sp³-hybridized carbons (Fsp3) is 0.263. The smallest absolute Gasteiger partial charge is 0.237 e. The first kappa shape index (κ1) is 18.7. The van der Waals surface area contributed by atoms with Crippen LogP contribution in [-0.4, -0.2) is 20.3 Å². The molecule has 0 aliphatic heterocycles. The van der Waals surface area contributed by atoms with Crippen LogP contribution in [0.4, 0.5) is 5.13 Å². The van der Waals surface area contributed by atoms with Gasteiger partial charge >= 0.3 is 0 Å². The van der Waals surface area contributed by atoms with E-state index in [1.54, 1.807) is 6.26 Å². The maximum atomic E-state index is 5.37. The highest BCUT2D eigenvalue weighted by Gasteiger charge is 2.12. The van der Waals surface area contributed by atoms with E-state index in [1.807, 2.05) is 24.3 Å². The van der Waals surface area contributed by atoms with Gasteiger partial charge < -0.3 is 14.3 Å². The Kier molecular flexibility index (Phi) is 5.73. The average molecular weight is 414 g/mol. The molecular formula is C19H19N5O2S2. The fourth-order valence-electron chi connectivity index (χ4n) is 2.49. The predicted molar refractivity (Wildman–Crippen MR) is 109 cm³/mol. The van der Waals surface area contributed by atoms with Gasteiger partial charge in [0.25, 0.3) is 0 Å². The second-order valence-corrected chi connectivity index (χ2v) is 8.58. The molecule has 4 aromatic rings. The Bertz CT molecular complexity index is 1010. The van der Waals surface area contributed by atoms with Crippen molar-refractivity contribution in [1.29, 1.82) is 0 Å². The van der Waals surface area contributed by atoms with Gasteiger partial charge in [0, 0.05) is 5.56 Å². The molecule has 1 aromatic carbocycles. The number of furan rings is 1. The number of nitrogens with zero attached hydrogens (tertiary/aromatic N) is 4. The van der Waals surface area contributed by atoms with Crippen molar-refractivity contribution < 1.29 is 8.94 Å². The summed E-state index contributed by atoms with van der Waals surface area (Å²) < 4.78 is 11.5. The van der Waals surface area contributed by atoms with Crippen LogP contribution in [-0.2, 0) is 12.3 Å². The van der Waals surface area contributed by atoms with Gasteiger partial charge in [0.15, 0.2) is 4.34 Å². The van der Waals surface area contributed by atoms with Crippen LogP contribution in [0.2, 0.25) is 0 Å². The molecular weight excluding hydrogens is 394 g/mol. The molecule has 0 saturated heterocycles. The molecule has 3 aromatic heterocycles. The standard InChI is InChI=1S/C19H19N5O2S2/c1-12(2)13-5-7-14(8-6-13)17-21-16(26-24-17)11-27-19-23-22-18(28-19)20-10-15-4-3-9-25-15/h3-9,12H,10-11H2,1-2H3,(H,20,22).